The van der Waals surface area contributed by atoms with Crippen LogP contribution in [0.3, 0.4) is 0 Å². The van der Waals surface area contributed by atoms with Crippen molar-refractivity contribution in [3.8, 4) is 0 Å². The Morgan fingerprint density at radius 2 is 2.38 bits per heavy atom. The van der Waals surface area contributed by atoms with Crippen molar-refractivity contribution in [1.29, 1.82) is 0 Å². The zero-order valence-corrected chi connectivity index (χ0v) is 9.22. The van der Waals surface area contributed by atoms with Crippen molar-refractivity contribution in [2.75, 3.05) is 11.9 Å². The number of nitrogens with one attached hydrogen (secondary N) is 2. The van der Waals surface area contributed by atoms with Gasteiger partial charge in [-0.15, -0.1) is 0 Å². The van der Waals surface area contributed by atoms with Crippen LogP contribution in [-0.4, -0.2) is 18.5 Å². The summed E-state index contributed by atoms with van der Waals surface area (Å²) < 4.78 is 13.5. The van der Waals surface area contributed by atoms with Crippen molar-refractivity contribution in [1.82, 2.24) is 5.32 Å². The maximum Gasteiger partial charge on any atom is 0.241 e. The van der Waals surface area contributed by atoms with Gasteiger partial charge in [0.15, 0.2) is 0 Å². The number of hydrogen-bond donors (Lipinski definition) is 2. The van der Waals surface area contributed by atoms with E-state index in [-0.39, 0.29) is 17.8 Å². The van der Waals surface area contributed by atoms with Gasteiger partial charge in [-0.3, -0.25) is 4.79 Å². The number of benzene rings is 1. The topological polar surface area (TPSA) is 41.1 Å². The first kappa shape index (κ1) is 11.1. The zero-order chi connectivity index (χ0) is 11.5. The average Bonchev–Trinajstić information content (AvgIpc) is 2.76. The number of rotatable bonds is 2. The minimum Gasteiger partial charge on any atom is -0.322 e. The van der Waals surface area contributed by atoms with E-state index < -0.39 is 0 Å². The number of anilines is 1. The van der Waals surface area contributed by atoms with E-state index in [1.807, 2.05) is 0 Å². The van der Waals surface area contributed by atoms with E-state index in [0.717, 1.165) is 24.9 Å². The first-order chi connectivity index (χ1) is 7.68. The Labute approximate surface area is 94.0 Å². The van der Waals surface area contributed by atoms with E-state index in [0.29, 0.717) is 5.69 Å². The van der Waals surface area contributed by atoms with Crippen LogP contribution >= 0.6 is 0 Å². The van der Waals surface area contributed by atoms with Crippen molar-refractivity contribution < 1.29 is 9.18 Å². The van der Waals surface area contributed by atoms with E-state index in [1.54, 1.807) is 19.1 Å². The van der Waals surface area contributed by atoms with E-state index in [1.165, 1.54) is 6.07 Å². The highest BCUT2D eigenvalue weighted by atomic mass is 19.1. The lowest BCUT2D eigenvalue weighted by Gasteiger charge is -2.13. The van der Waals surface area contributed by atoms with Gasteiger partial charge in [0.2, 0.25) is 5.91 Å². The molecule has 1 saturated heterocycles. The number of hydrogen-bond acceptors (Lipinski definition) is 2. The van der Waals surface area contributed by atoms with Gasteiger partial charge in [-0.1, -0.05) is 12.1 Å². The normalized spacial score (nSPS) is 19.8. The third-order valence-corrected chi connectivity index (χ3v) is 2.85. The third-order valence-electron chi connectivity index (χ3n) is 2.85. The quantitative estimate of drug-likeness (QED) is 0.801. The van der Waals surface area contributed by atoms with E-state index >= 15 is 0 Å². The standard InChI is InChI=1S/C12H15FN2O/c1-8-4-2-5-9(13)11(8)15-12(16)10-6-3-7-14-10/h2,4-5,10,14H,3,6-7H2,1H3,(H,15,16). The molecule has 0 aliphatic carbocycles. The number of carbonyl (C=O) groups excluding carboxylic acids is 1. The molecule has 0 spiro atoms. The SMILES string of the molecule is Cc1cccc(F)c1NC(=O)C1CCCN1. The second-order valence-corrected chi connectivity index (χ2v) is 4.07. The molecule has 1 aromatic rings. The molecule has 1 unspecified atom stereocenters. The van der Waals surface area contributed by atoms with Crippen molar-refractivity contribution in [2.24, 2.45) is 0 Å². The Hall–Kier alpha value is -1.42. The number of carbonyl (C=O) groups is 1. The minimum absolute atomic E-state index is 0.147. The lowest BCUT2D eigenvalue weighted by molar-refractivity contribution is -0.117. The van der Waals surface area contributed by atoms with Gasteiger partial charge in [0.1, 0.15) is 5.82 Å². The van der Waals surface area contributed by atoms with Crippen molar-refractivity contribution >= 4 is 11.6 Å². The zero-order valence-electron chi connectivity index (χ0n) is 9.22. The average molecular weight is 222 g/mol. The van der Waals surface area contributed by atoms with Gasteiger partial charge in [0, 0.05) is 0 Å². The summed E-state index contributed by atoms with van der Waals surface area (Å²) in [5, 5.41) is 5.73. The van der Waals surface area contributed by atoms with Crippen LogP contribution in [0.25, 0.3) is 0 Å². The Morgan fingerprint density at radius 3 is 3.00 bits per heavy atom. The fourth-order valence-electron chi connectivity index (χ4n) is 1.91. The van der Waals surface area contributed by atoms with Gasteiger partial charge in [-0.05, 0) is 37.9 Å². The summed E-state index contributed by atoms with van der Waals surface area (Å²) in [6.45, 7) is 2.63. The third kappa shape index (κ3) is 2.22. The highest BCUT2D eigenvalue weighted by Gasteiger charge is 2.23. The van der Waals surface area contributed by atoms with Crippen LogP contribution in [0.4, 0.5) is 10.1 Å². The summed E-state index contributed by atoms with van der Waals surface area (Å²) in [4.78, 5) is 11.8. The van der Waals surface area contributed by atoms with Gasteiger partial charge in [-0.25, -0.2) is 4.39 Å². The number of amides is 1. The van der Waals surface area contributed by atoms with Gasteiger partial charge >= 0.3 is 0 Å². The Bertz CT molecular complexity index is 380. The molecule has 3 nitrogen and oxygen atoms in total. The molecule has 1 aliphatic rings. The summed E-state index contributed by atoms with van der Waals surface area (Å²) in [6, 6.07) is 4.58. The van der Waals surface area contributed by atoms with E-state index in [2.05, 4.69) is 10.6 Å². The van der Waals surface area contributed by atoms with Crippen molar-refractivity contribution in [2.45, 2.75) is 25.8 Å². The van der Waals surface area contributed by atoms with Crippen LogP contribution in [0.2, 0.25) is 0 Å². The van der Waals surface area contributed by atoms with Crippen molar-refractivity contribution in [3.63, 3.8) is 0 Å². The lowest BCUT2D eigenvalue weighted by Crippen LogP contribution is -2.35. The molecule has 4 heteroatoms. The van der Waals surface area contributed by atoms with Crippen LogP contribution in [0.1, 0.15) is 18.4 Å². The van der Waals surface area contributed by atoms with Gasteiger partial charge in [0.25, 0.3) is 0 Å². The number of halogens is 1. The predicted molar refractivity (Wildman–Crippen MR) is 60.8 cm³/mol. The molecule has 0 saturated carbocycles. The maximum atomic E-state index is 13.5. The monoisotopic (exact) mass is 222 g/mol. The summed E-state index contributed by atoms with van der Waals surface area (Å²) >= 11 is 0. The summed E-state index contributed by atoms with van der Waals surface area (Å²) in [7, 11) is 0. The number of aryl methyl sites for hydroxylation is 1. The molecule has 1 fully saturated rings. The highest BCUT2D eigenvalue weighted by Crippen LogP contribution is 2.19. The molecule has 1 atom stereocenters. The maximum absolute atomic E-state index is 13.5. The summed E-state index contributed by atoms with van der Waals surface area (Å²) in [6.07, 6.45) is 1.81. The molecule has 0 aromatic heterocycles. The van der Waals surface area contributed by atoms with Gasteiger partial charge < -0.3 is 10.6 Å². The molecule has 1 heterocycles. The molecule has 0 radical (unpaired) electrons. The molecule has 2 N–H and O–H groups in total. The smallest absolute Gasteiger partial charge is 0.241 e. The van der Waals surface area contributed by atoms with Crippen LogP contribution in [0.15, 0.2) is 18.2 Å². The Kier molecular flexibility index (Phi) is 3.19. The molecule has 1 aromatic carbocycles. The second-order valence-electron chi connectivity index (χ2n) is 4.07. The molecular weight excluding hydrogens is 207 g/mol. The van der Waals surface area contributed by atoms with Gasteiger partial charge in [-0.2, -0.15) is 0 Å². The second kappa shape index (κ2) is 4.61. The first-order valence-corrected chi connectivity index (χ1v) is 5.48. The van der Waals surface area contributed by atoms with E-state index in [4.69, 9.17) is 0 Å². The Morgan fingerprint density at radius 1 is 1.56 bits per heavy atom. The van der Waals surface area contributed by atoms with Crippen LogP contribution in [0.5, 0.6) is 0 Å². The fourth-order valence-corrected chi connectivity index (χ4v) is 1.91. The van der Waals surface area contributed by atoms with Crippen LogP contribution in [-0.2, 0) is 4.79 Å². The van der Waals surface area contributed by atoms with E-state index in [9.17, 15) is 9.18 Å². The largest absolute Gasteiger partial charge is 0.322 e. The first-order valence-electron chi connectivity index (χ1n) is 5.48. The highest BCUT2D eigenvalue weighted by molar-refractivity contribution is 5.95. The molecule has 16 heavy (non-hydrogen) atoms. The Balaban J connectivity index is 2.11. The molecule has 1 amide bonds. The summed E-state index contributed by atoms with van der Waals surface area (Å²) in [5.41, 5.74) is 1.03. The number of para-hydroxylation sites is 1. The minimum atomic E-state index is -0.383. The predicted octanol–water partition coefficient (Wildman–Crippen LogP) is 1.82. The molecule has 2 rings (SSSR count). The molecule has 1 aliphatic heterocycles. The van der Waals surface area contributed by atoms with Gasteiger partial charge in [0.05, 0.1) is 11.7 Å². The van der Waals surface area contributed by atoms with Crippen LogP contribution in [0, 0.1) is 12.7 Å². The fraction of sp³-hybridized carbons (Fsp3) is 0.417. The molecule has 86 valence electrons. The lowest BCUT2D eigenvalue weighted by atomic mass is 10.1. The van der Waals surface area contributed by atoms with Crippen LogP contribution < -0.4 is 10.6 Å². The molecular formula is C12H15FN2O. The van der Waals surface area contributed by atoms with Crippen molar-refractivity contribution in [3.05, 3.63) is 29.6 Å². The summed E-state index contributed by atoms with van der Waals surface area (Å²) in [5.74, 6) is -0.531. The molecule has 0 bridgehead atoms.